The number of thioether (sulfide) groups is 1. The Hall–Kier alpha value is -3.00. The van der Waals surface area contributed by atoms with E-state index in [1.54, 1.807) is 55.6 Å². The zero-order chi connectivity index (χ0) is 20.5. The molecule has 0 saturated heterocycles. The van der Waals surface area contributed by atoms with E-state index in [0.717, 1.165) is 10.6 Å². The van der Waals surface area contributed by atoms with Crippen LogP contribution in [0.4, 0.5) is 11.4 Å². The molecule has 0 radical (unpaired) electrons. The van der Waals surface area contributed by atoms with Crippen LogP contribution in [-0.4, -0.2) is 35.2 Å². The molecule has 0 spiro atoms. The van der Waals surface area contributed by atoms with E-state index in [2.05, 4.69) is 10.6 Å². The van der Waals surface area contributed by atoms with Gasteiger partial charge in [-0.3, -0.25) is 14.4 Å². The standard InChI is InChI=1S/C20H22N2O5S/c1-13(20(26)22-15-3-7-16(27-2)8-4-15)28-17-9-5-14(6-10-17)21-18(23)11-12-19(24)25/h3-10,13H,11-12H2,1-2H3,(H,21,23)(H,22,26)(H,24,25). The Morgan fingerprint density at radius 3 is 2.11 bits per heavy atom. The van der Waals surface area contributed by atoms with Crippen molar-refractivity contribution in [1.82, 2.24) is 0 Å². The summed E-state index contributed by atoms with van der Waals surface area (Å²) < 4.78 is 5.09. The summed E-state index contributed by atoms with van der Waals surface area (Å²) in [5, 5.41) is 13.8. The Morgan fingerprint density at radius 1 is 0.964 bits per heavy atom. The number of carbonyl (C=O) groups excluding carboxylic acids is 2. The number of rotatable bonds is 9. The quantitative estimate of drug-likeness (QED) is 0.554. The van der Waals surface area contributed by atoms with Gasteiger partial charge in [0.1, 0.15) is 5.75 Å². The van der Waals surface area contributed by atoms with Gasteiger partial charge in [0.15, 0.2) is 0 Å². The number of amides is 2. The van der Waals surface area contributed by atoms with Crippen molar-refractivity contribution < 1.29 is 24.2 Å². The number of benzene rings is 2. The van der Waals surface area contributed by atoms with Gasteiger partial charge >= 0.3 is 5.97 Å². The van der Waals surface area contributed by atoms with Crippen LogP contribution in [0.25, 0.3) is 0 Å². The van der Waals surface area contributed by atoms with Crippen molar-refractivity contribution >= 4 is 40.9 Å². The monoisotopic (exact) mass is 402 g/mol. The molecule has 0 saturated carbocycles. The van der Waals surface area contributed by atoms with Crippen LogP contribution in [0.1, 0.15) is 19.8 Å². The minimum Gasteiger partial charge on any atom is -0.497 e. The van der Waals surface area contributed by atoms with Gasteiger partial charge < -0.3 is 20.5 Å². The maximum atomic E-state index is 12.3. The number of hydrogen-bond donors (Lipinski definition) is 3. The zero-order valence-electron chi connectivity index (χ0n) is 15.6. The summed E-state index contributed by atoms with van der Waals surface area (Å²) >= 11 is 1.39. The number of carboxylic acids is 1. The van der Waals surface area contributed by atoms with Crippen molar-refractivity contribution in [3.63, 3.8) is 0 Å². The molecule has 28 heavy (non-hydrogen) atoms. The first-order chi connectivity index (χ1) is 13.4. The second kappa shape index (κ2) is 10.4. The van der Waals surface area contributed by atoms with Crippen LogP contribution in [-0.2, 0) is 14.4 Å². The predicted octanol–water partition coefficient (Wildman–Crippen LogP) is 3.62. The summed E-state index contributed by atoms with van der Waals surface area (Å²) in [5.74, 6) is -0.768. The third-order valence-corrected chi connectivity index (χ3v) is 4.86. The van der Waals surface area contributed by atoms with Crippen LogP contribution < -0.4 is 15.4 Å². The lowest BCUT2D eigenvalue weighted by Crippen LogP contribution is -2.22. The van der Waals surface area contributed by atoms with Crippen molar-refractivity contribution in [1.29, 1.82) is 0 Å². The summed E-state index contributed by atoms with van der Waals surface area (Å²) in [5.41, 5.74) is 1.27. The Bertz CT molecular complexity index is 821. The summed E-state index contributed by atoms with van der Waals surface area (Å²) in [6.45, 7) is 1.81. The summed E-state index contributed by atoms with van der Waals surface area (Å²) in [4.78, 5) is 35.3. The molecule has 0 fully saturated rings. The van der Waals surface area contributed by atoms with Gasteiger partial charge in [-0.15, -0.1) is 11.8 Å². The topological polar surface area (TPSA) is 105 Å². The van der Waals surface area contributed by atoms with Crippen LogP contribution in [0.2, 0.25) is 0 Å². The first-order valence-corrected chi connectivity index (χ1v) is 9.48. The summed E-state index contributed by atoms with van der Waals surface area (Å²) in [6.07, 6.45) is -0.283. The van der Waals surface area contributed by atoms with Crippen molar-refractivity contribution in [3.8, 4) is 5.75 Å². The Labute approximate surface area is 167 Å². The van der Waals surface area contributed by atoms with Crippen LogP contribution >= 0.6 is 11.8 Å². The van der Waals surface area contributed by atoms with E-state index in [0.29, 0.717) is 11.4 Å². The van der Waals surface area contributed by atoms with E-state index in [-0.39, 0.29) is 29.9 Å². The highest BCUT2D eigenvalue weighted by Crippen LogP contribution is 2.26. The lowest BCUT2D eigenvalue weighted by molar-refractivity contribution is -0.138. The van der Waals surface area contributed by atoms with E-state index >= 15 is 0 Å². The highest BCUT2D eigenvalue weighted by atomic mass is 32.2. The number of methoxy groups -OCH3 is 1. The number of hydrogen-bond acceptors (Lipinski definition) is 5. The highest BCUT2D eigenvalue weighted by molar-refractivity contribution is 8.00. The third-order valence-electron chi connectivity index (χ3n) is 3.74. The molecule has 7 nitrogen and oxygen atoms in total. The van der Waals surface area contributed by atoms with Crippen LogP contribution in [0.15, 0.2) is 53.4 Å². The predicted molar refractivity (Wildman–Crippen MR) is 109 cm³/mol. The van der Waals surface area contributed by atoms with Gasteiger partial charge in [0.25, 0.3) is 0 Å². The average Bonchev–Trinajstić information content (AvgIpc) is 2.68. The number of carbonyl (C=O) groups is 3. The molecule has 2 aromatic rings. The Morgan fingerprint density at radius 2 is 1.54 bits per heavy atom. The lowest BCUT2D eigenvalue weighted by Gasteiger charge is -2.13. The molecule has 0 aliphatic heterocycles. The Kier molecular flexibility index (Phi) is 7.88. The van der Waals surface area contributed by atoms with Crippen molar-refractivity contribution in [2.75, 3.05) is 17.7 Å². The van der Waals surface area contributed by atoms with Crippen LogP contribution in [0, 0.1) is 0 Å². The number of aliphatic carboxylic acids is 1. The number of anilines is 2. The second-order valence-corrected chi connectivity index (χ2v) is 7.36. The highest BCUT2D eigenvalue weighted by Gasteiger charge is 2.15. The van der Waals surface area contributed by atoms with E-state index in [4.69, 9.17) is 9.84 Å². The maximum Gasteiger partial charge on any atom is 0.303 e. The van der Waals surface area contributed by atoms with E-state index in [1.165, 1.54) is 11.8 Å². The van der Waals surface area contributed by atoms with E-state index in [9.17, 15) is 14.4 Å². The molecule has 0 aromatic heterocycles. The van der Waals surface area contributed by atoms with Gasteiger partial charge in [0.2, 0.25) is 11.8 Å². The zero-order valence-corrected chi connectivity index (χ0v) is 16.4. The lowest BCUT2D eigenvalue weighted by atomic mass is 10.2. The smallest absolute Gasteiger partial charge is 0.303 e. The molecule has 148 valence electrons. The first kappa shape index (κ1) is 21.3. The first-order valence-electron chi connectivity index (χ1n) is 8.60. The fraction of sp³-hybridized carbons (Fsp3) is 0.250. The molecule has 2 rings (SSSR count). The molecule has 1 atom stereocenters. The fourth-order valence-electron chi connectivity index (χ4n) is 2.24. The molecule has 1 unspecified atom stereocenters. The number of ether oxygens (including phenoxy) is 1. The molecular weight excluding hydrogens is 380 g/mol. The molecule has 0 aliphatic carbocycles. The third kappa shape index (κ3) is 6.96. The van der Waals surface area contributed by atoms with E-state index in [1.807, 2.05) is 6.92 Å². The average molecular weight is 402 g/mol. The molecule has 8 heteroatoms. The van der Waals surface area contributed by atoms with Crippen molar-refractivity contribution in [3.05, 3.63) is 48.5 Å². The van der Waals surface area contributed by atoms with Gasteiger partial charge in [0, 0.05) is 22.7 Å². The Balaban J connectivity index is 1.85. The normalized spacial score (nSPS) is 11.4. The van der Waals surface area contributed by atoms with Gasteiger partial charge in [-0.05, 0) is 55.5 Å². The molecule has 0 bridgehead atoms. The van der Waals surface area contributed by atoms with Gasteiger partial charge in [-0.2, -0.15) is 0 Å². The van der Waals surface area contributed by atoms with Crippen LogP contribution in [0.5, 0.6) is 5.75 Å². The maximum absolute atomic E-state index is 12.3. The van der Waals surface area contributed by atoms with Gasteiger partial charge in [0.05, 0.1) is 18.8 Å². The molecule has 0 aliphatic rings. The molecular formula is C20H22N2O5S. The molecule has 2 amide bonds. The van der Waals surface area contributed by atoms with Crippen LogP contribution in [0.3, 0.4) is 0 Å². The van der Waals surface area contributed by atoms with Crippen molar-refractivity contribution in [2.24, 2.45) is 0 Å². The SMILES string of the molecule is COc1ccc(NC(=O)C(C)Sc2ccc(NC(=O)CCC(=O)O)cc2)cc1. The van der Waals surface area contributed by atoms with E-state index < -0.39 is 5.97 Å². The molecule has 2 aromatic carbocycles. The summed E-state index contributed by atoms with van der Waals surface area (Å²) in [7, 11) is 1.58. The number of carboxylic acid groups (broad SMARTS) is 1. The molecule has 0 heterocycles. The fourth-order valence-corrected chi connectivity index (χ4v) is 3.10. The van der Waals surface area contributed by atoms with Gasteiger partial charge in [-0.25, -0.2) is 0 Å². The van der Waals surface area contributed by atoms with Gasteiger partial charge in [-0.1, -0.05) is 0 Å². The molecule has 3 N–H and O–H groups in total. The van der Waals surface area contributed by atoms with Crippen molar-refractivity contribution in [2.45, 2.75) is 29.9 Å². The summed E-state index contributed by atoms with van der Waals surface area (Å²) in [6, 6.07) is 14.1. The largest absolute Gasteiger partial charge is 0.497 e. The minimum absolute atomic E-state index is 0.0750. The second-order valence-electron chi connectivity index (χ2n) is 5.94. The number of nitrogens with one attached hydrogen (secondary N) is 2. The minimum atomic E-state index is -1.01.